The molecule has 0 aliphatic heterocycles. The second kappa shape index (κ2) is 24.1. The van der Waals surface area contributed by atoms with E-state index in [0.29, 0.717) is 11.5 Å². The van der Waals surface area contributed by atoms with E-state index in [1.165, 1.54) is 51.4 Å². The van der Waals surface area contributed by atoms with Gasteiger partial charge >= 0.3 is 220 Å². The van der Waals surface area contributed by atoms with Gasteiger partial charge in [-0.25, -0.2) is 0 Å². The van der Waals surface area contributed by atoms with Crippen LogP contribution in [-0.4, -0.2) is 54.2 Å². The Hall–Kier alpha value is 0.439. The number of hydrogen-bond donors (Lipinski definition) is 0. The van der Waals surface area contributed by atoms with Gasteiger partial charge in [0.25, 0.3) is 0 Å². The van der Waals surface area contributed by atoms with Crippen LogP contribution in [0.15, 0.2) is 0 Å². The maximum atomic E-state index is 12.7. The van der Waals surface area contributed by atoms with E-state index >= 15 is 0 Å². The summed E-state index contributed by atoms with van der Waals surface area (Å²) in [4.78, 5) is 25.5. The standard InChI is InChI=1S/2C8H17.2C5H10O2S.Sn/c2*1-3-5-7-8-6-4-2;2*1-2-3-8-4-5(6)7;/h2*1,3-8H2,2H3;2*2-4H2,1H3,(H,6,7);/q;;;;+2/p-2. The molecule has 33 heavy (non-hydrogen) atoms. The van der Waals surface area contributed by atoms with Crippen molar-refractivity contribution < 1.29 is 15.7 Å². The summed E-state index contributed by atoms with van der Waals surface area (Å²) in [5.41, 5.74) is 0. The molecule has 0 radical (unpaired) electrons. The molecule has 0 bridgehead atoms. The quantitative estimate of drug-likeness (QED) is 0.0806. The first kappa shape index (κ1) is 33.4. The molecule has 4 nitrogen and oxygen atoms in total. The van der Waals surface area contributed by atoms with Crippen LogP contribution in [0.5, 0.6) is 0 Å². The van der Waals surface area contributed by atoms with Crippen LogP contribution in [0.1, 0.15) is 118 Å². The summed E-state index contributed by atoms with van der Waals surface area (Å²) in [6.45, 7) is 8.70. The molecule has 0 saturated carbocycles. The normalized spacial score (nSPS) is 11.5. The zero-order valence-corrected chi connectivity index (χ0v) is 26.6. The summed E-state index contributed by atoms with van der Waals surface area (Å²) in [7, 11) is 0. The van der Waals surface area contributed by atoms with Gasteiger partial charge in [-0.15, -0.1) is 0 Å². The van der Waals surface area contributed by atoms with Gasteiger partial charge in [-0.05, 0) is 0 Å². The van der Waals surface area contributed by atoms with Gasteiger partial charge in [-0.1, -0.05) is 0 Å². The zero-order valence-electron chi connectivity index (χ0n) is 22.1. The molecule has 0 atom stereocenters. The van der Waals surface area contributed by atoms with E-state index in [0.717, 1.165) is 58.9 Å². The Morgan fingerprint density at radius 2 is 0.909 bits per heavy atom. The second-order valence-corrected chi connectivity index (χ2v) is 20.4. The Bertz CT molecular complexity index is 435. The Morgan fingerprint density at radius 1 is 0.545 bits per heavy atom. The third-order valence-electron chi connectivity index (χ3n) is 5.56. The van der Waals surface area contributed by atoms with E-state index in [2.05, 4.69) is 27.7 Å². The first-order valence-corrected chi connectivity index (χ1v) is 22.3. The van der Waals surface area contributed by atoms with Gasteiger partial charge in [0.15, 0.2) is 0 Å². The van der Waals surface area contributed by atoms with Crippen molar-refractivity contribution >= 4 is 54.7 Å². The van der Waals surface area contributed by atoms with Crippen LogP contribution >= 0.6 is 23.5 Å². The number of carbonyl (C=O) groups is 2. The first-order chi connectivity index (χ1) is 16.0. The molecule has 0 aromatic heterocycles. The van der Waals surface area contributed by atoms with Crippen LogP contribution in [-0.2, 0) is 15.7 Å². The fraction of sp³-hybridized carbons (Fsp3) is 0.923. The van der Waals surface area contributed by atoms with E-state index in [-0.39, 0.29) is 11.9 Å². The van der Waals surface area contributed by atoms with Gasteiger partial charge in [0, 0.05) is 0 Å². The predicted octanol–water partition coefficient (Wildman–Crippen LogP) is 8.52. The molecular weight excluding hydrogens is 559 g/mol. The third-order valence-corrected chi connectivity index (χ3v) is 17.6. The molecule has 0 aromatic carbocycles. The fourth-order valence-corrected chi connectivity index (χ4v) is 15.0. The summed E-state index contributed by atoms with van der Waals surface area (Å²) in [5.74, 6) is 2.36. The number of hydrogen-bond acceptors (Lipinski definition) is 6. The topological polar surface area (TPSA) is 52.6 Å². The zero-order chi connectivity index (χ0) is 24.6. The van der Waals surface area contributed by atoms with Crippen molar-refractivity contribution in [2.75, 3.05) is 23.0 Å². The summed E-state index contributed by atoms with van der Waals surface area (Å²) in [6, 6.07) is 0. The Morgan fingerprint density at radius 3 is 1.27 bits per heavy atom. The van der Waals surface area contributed by atoms with Gasteiger partial charge in [-0.2, -0.15) is 0 Å². The SMILES string of the molecule is CCCCCCC[CH2][Sn]([CH2]CCCCCCC)([O]C(=O)CSCCC)[O]C(=O)CSCCC. The molecule has 0 spiro atoms. The van der Waals surface area contributed by atoms with Crippen LogP contribution < -0.4 is 0 Å². The first-order valence-electron chi connectivity index (χ1n) is 13.6. The van der Waals surface area contributed by atoms with Crippen molar-refractivity contribution in [1.82, 2.24) is 0 Å². The second-order valence-electron chi connectivity index (χ2n) is 9.00. The number of rotatable bonds is 24. The maximum absolute atomic E-state index is 12.7. The molecule has 0 rings (SSSR count). The summed E-state index contributed by atoms with van der Waals surface area (Å²) in [5, 5.41) is 0. The molecule has 0 aromatic rings. The van der Waals surface area contributed by atoms with E-state index in [1.54, 1.807) is 23.5 Å². The molecular formula is C26H52O4S2Sn. The van der Waals surface area contributed by atoms with Crippen molar-refractivity contribution in [3.8, 4) is 0 Å². The van der Waals surface area contributed by atoms with Crippen LogP contribution in [0.2, 0.25) is 8.87 Å². The predicted molar refractivity (Wildman–Crippen MR) is 150 cm³/mol. The molecule has 0 fully saturated rings. The third kappa shape index (κ3) is 20.3. The van der Waals surface area contributed by atoms with Gasteiger partial charge in [0.2, 0.25) is 0 Å². The molecule has 0 saturated heterocycles. The minimum atomic E-state index is -3.83. The molecule has 0 unspecified atom stereocenters. The fourth-order valence-electron chi connectivity index (χ4n) is 3.77. The molecule has 0 heterocycles. The summed E-state index contributed by atoms with van der Waals surface area (Å²) >= 11 is -0.578. The molecule has 0 aliphatic carbocycles. The molecule has 7 heteroatoms. The number of unbranched alkanes of at least 4 members (excludes halogenated alkanes) is 10. The van der Waals surface area contributed by atoms with Crippen molar-refractivity contribution in [3.63, 3.8) is 0 Å². The Kier molecular flexibility index (Phi) is 24.5. The Labute approximate surface area is 218 Å². The van der Waals surface area contributed by atoms with Crippen LogP contribution in [0.4, 0.5) is 0 Å². The monoisotopic (exact) mass is 612 g/mol. The van der Waals surface area contributed by atoms with Crippen LogP contribution in [0.3, 0.4) is 0 Å². The molecule has 0 N–H and O–H groups in total. The number of carbonyl (C=O) groups excluding carboxylic acids is 2. The van der Waals surface area contributed by atoms with Crippen molar-refractivity contribution in [1.29, 1.82) is 0 Å². The van der Waals surface area contributed by atoms with Gasteiger partial charge in [-0.3, -0.25) is 0 Å². The van der Waals surface area contributed by atoms with Crippen molar-refractivity contribution in [2.24, 2.45) is 0 Å². The van der Waals surface area contributed by atoms with Crippen LogP contribution in [0, 0.1) is 0 Å². The van der Waals surface area contributed by atoms with Gasteiger partial charge < -0.3 is 0 Å². The Balaban J connectivity index is 5.14. The molecule has 196 valence electrons. The van der Waals surface area contributed by atoms with E-state index in [4.69, 9.17) is 6.15 Å². The van der Waals surface area contributed by atoms with E-state index in [9.17, 15) is 9.59 Å². The molecule has 0 aliphatic rings. The molecule has 0 amide bonds. The van der Waals surface area contributed by atoms with Gasteiger partial charge in [0.05, 0.1) is 0 Å². The van der Waals surface area contributed by atoms with Gasteiger partial charge in [0.1, 0.15) is 0 Å². The van der Waals surface area contributed by atoms with Crippen molar-refractivity contribution in [3.05, 3.63) is 0 Å². The summed E-state index contributed by atoms with van der Waals surface area (Å²) < 4.78 is 14.1. The van der Waals surface area contributed by atoms with Crippen LogP contribution in [0.25, 0.3) is 0 Å². The average molecular weight is 612 g/mol. The van der Waals surface area contributed by atoms with E-state index in [1.807, 2.05) is 0 Å². The summed E-state index contributed by atoms with van der Waals surface area (Å²) in [6.07, 6.45) is 16.4. The van der Waals surface area contributed by atoms with Crippen molar-refractivity contribution in [2.45, 2.75) is 126 Å². The number of thioether (sulfide) groups is 2. The minimum absolute atomic E-state index is 0.157. The van der Waals surface area contributed by atoms with E-state index < -0.39 is 19.2 Å². The average Bonchev–Trinajstić information content (AvgIpc) is 2.79.